The average Bonchev–Trinajstić information content (AvgIpc) is 3.39. The van der Waals surface area contributed by atoms with Crippen LogP contribution in [-0.2, 0) is 4.74 Å². The molecule has 2 aliphatic rings. The maximum Gasteiger partial charge on any atom is 0.290 e. The fourth-order valence-corrected chi connectivity index (χ4v) is 4.74. The van der Waals surface area contributed by atoms with E-state index >= 15 is 0 Å². The van der Waals surface area contributed by atoms with Gasteiger partial charge in [0.2, 0.25) is 5.82 Å². The number of carbonyl (C=O) groups excluding carboxylic acids is 1. The second-order valence-corrected chi connectivity index (χ2v) is 7.98. The predicted molar refractivity (Wildman–Crippen MR) is 107 cm³/mol. The number of nitrogens with one attached hydrogen (secondary N) is 1. The summed E-state index contributed by atoms with van der Waals surface area (Å²) in [4.78, 5) is 27.6. The third kappa shape index (κ3) is 3.15. The van der Waals surface area contributed by atoms with Gasteiger partial charge in [-0.1, -0.05) is 0 Å². The number of H-pyrrole nitrogens is 1. The van der Waals surface area contributed by atoms with Crippen LogP contribution >= 0.6 is 0 Å². The van der Waals surface area contributed by atoms with E-state index in [0.717, 1.165) is 47.8 Å². The molecule has 29 heavy (non-hydrogen) atoms. The molecule has 0 bridgehead atoms. The molecule has 1 aliphatic heterocycles. The molecule has 5 rings (SSSR count). The molecule has 2 fully saturated rings. The monoisotopic (exact) mass is 392 g/mol. The van der Waals surface area contributed by atoms with Crippen LogP contribution < -0.4 is 0 Å². The van der Waals surface area contributed by atoms with Crippen LogP contribution in [0.1, 0.15) is 48.8 Å². The minimum atomic E-state index is -0.0349. The Labute approximate surface area is 168 Å². The lowest BCUT2D eigenvalue weighted by Crippen LogP contribution is -2.42. The molecule has 1 aliphatic carbocycles. The molecule has 1 amide bonds. The van der Waals surface area contributed by atoms with Crippen LogP contribution in [-0.4, -0.2) is 56.6 Å². The Hall–Kier alpha value is -2.92. The summed E-state index contributed by atoms with van der Waals surface area (Å²) >= 11 is 0. The minimum Gasteiger partial charge on any atom is -0.378 e. The summed E-state index contributed by atoms with van der Waals surface area (Å²) in [6, 6.07) is 4.52. The Morgan fingerprint density at radius 2 is 2.07 bits per heavy atom. The van der Waals surface area contributed by atoms with Crippen molar-refractivity contribution in [1.29, 1.82) is 5.26 Å². The van der Waals surface area contributed by atoms with Gasteiger partial charge in [-0.05, 0) is 37.7 Å². The lowest BCUT2D eigenvalue weighted by molar-refractivity contribution is 0.0289. The first-order chi connectivity index (χ1) is 14.3. The van der Waals surface area contributed by atoms with E-state index < -0.39 is 0 Å². The van der Waals surface area contributed by atoms with E-state index in [1.807, 2.05) is 17.2 Å². The zero-order valence-electron chi connectivity index (χ0n) is 16.3. The molecule has 1 N–H and O–H groups in total. The Kier molecular flexibility index (Phi) is 4.68. The number of pyridine rings is 1. The van der Waals surface area contributed by atoms with Crippen LogP contribution in [0.5, 0.6) is 0 Å². The second kappa shape index (κ2) is 7.48. The topological polar surface area (TPSA) is 99.8 Å². The normalized spacial score (nSPS) is 22.8. The summed E-state index contributed by atoms with van der Waals surface area (Å²) in [5.41, 5.74) is 2.55. The van der Waals surface area contributed by atoms with E-state index in [9.17, 15) is 4.79 Å². The van der Waals surface area contributed by atoms with E-state index in [0.29, 0.717) is 44.5 Å². The average molecular weight is 392 g/mol. The highest BCUT2D eigenvalue weighted by molar-refractivity contribution is 6.04. The van der Waals surface area contributed by atoms with Crippen molar-refractivity contribution >= 4 is 28.0 Å². The molecule has 0 atom stereocenters. The van der Waals surface area contributed by atoms with Gasteiger partial charge in [0.1, 0.15) is 11.2 Å². The summed E-state index contributed by atoms with van der Waals surface area (Å²) in [7, 11) is 0. The molecule has 0 unspecified atom stereocenters. The van der Waals surface area contributed by atoms with Gasteiger partial charge in [-0.2, -0.15) is 5.26 Å². The van der Waals surface area contributed by atoms with Crippen molar-refractivity contribution in [2.75, 3.05) is 26.3 Å². The fraction of sp³-hybridized carbons (Fsp3) is 0.524. The predicted octanol–water partition coefficient (Wildman–Crippen LogP) is 3.03. The Morgan fingerprint density at radius 3 is 2.83 bits per heavy atom. The summed E-state index contributed by atoms with van der Waals surface area (Å²) in [5.74, 6) is 0.923. The highest BCUT2D eigenvalue weighted by Crippen LogP contribution is 2.38. The van der Waals surface area contributed by atoms with Crippen molar-refractivity contribution < 1.29 is 9.53 Å². The molecule has 1 saturated carbocycles. The van der Waals surface area contributed by atoms with Crippen LogP contribution in [0.3, 0.4) is 0 Å². The number of aromatic amines is 1. The first-order valence-corrected chi connectivity index (χ1v) is 10.3. The summed E-state index contributed by atoms with van der Waals surface area (Å²) in [6.07, 6.45) is 8.16. The van der Waals surface area contributed by atoms with Crippen molar-refractivity contribution in [2.45, 2.75) is 38.1 Å². The number of nitriles is 1. The molecular weight excluding hydrogens is 368 g/mol. The molecule has 3 aromatic heterocycles. The fourth-order valence-electron chi connectivity index (χ4n) is 4.74. The molecule has 8 heteroatoms. The van der Waals surface area contributed by atoms with E-state index in [4.69, 9.17) is 15.0 Å². The van der Waals surface area contributed by atoms with Crippen molar-refractivity contribution in [3.05, 3.63) is 24.3 Å². The second-order valence-electron chi connectivity index (χ2n) is 7.98. The van der Waals surface area contributed by atoms with E-state index in [1.54, 1.807) is 6.20 Å². The number of imidazole rings is 1. The van der Waals surface area contributed by atoms with Crippen LogP contribution in [0, 0.1) is 17.2 Å². The van der Waals surface area contributed by atoms with Crippen LogP contribution in [0.2, 0.25) is 0 Å². The zero-order valence-corrected chi connectivity index (χ0v) is 16.3. The van der Waals surface area contributed by atoms with Gasteiger partial charge >= 0.3 is 0 Å². The molecule has 0 aromatic carbocycles. The number of rotatable bonds is 3. The number of fused-ring (bicyclic) bond motifs is 3. The van der Waals surface area contributed by atoms with Gasteiger partial charge in [-0.15, -0.1) is 0 Å². The van der Waals surface area contributed by atoms with Crippen LogP contribution in [0.25, 0.3) is 22.1 Å². The van der Waals surface area contributed by atoms with Crippen LogP contribution in [0.15, 0.2) is 18.5 Å². The summed E-state index contributed by atoms with van der Waals surface area (Å²) in [6.45, 7) is 2.31. The lowest BCUT2D eigenvalue weighted by atomic mass is 9.84. The quantitative estimate of drug-likeness (QED) is 0.738. The van der Waals surface area contributed by atoms with E-state index in [1.165, 1.54) is 0 Å². The number of hydrogen-bond donors (Lipinski definition) is 1. The van der Waals surface area contributed by atoms with Crippen LogP contribution in [0.4, 0.5) is 0 Å². The number of nitrogens with zero attached hydrogens (tertiary/aromatic N) is 5. The Bertz CT molecular complexity index is 1080. The first-order valence-electron chi connectivity index (χ1n) is 10.3. The molecule has 8 nitrogen and oxygen atoms in total. The van der Waals surface area contributed by atoms with Gasteiger partial charge in [0, 0.05) is 37.1 Å². The standard InChI is InChI=1S/C21H24N6O2/c22-7-5-14-1-3-15(4-2-14)27-18-16-6-8-23-19(16)24-13-17(18)25-20(27)21(28)26-9-11-29-12-10-26/h6,8,13-15H,1-5,9-12H2,(H,23,24)/t14-,15-. The maximum absolute atomic E-state index is 13.4. The van der Waals surface area contributed by atoms with Gasteiger partial charge in [0.05, 0.1) is 31.0 Å². The SMILES string of the molecule is N#CC[C@H]1CC[C@H](n2c(C(=O)N3CCOCC3)nc3cnc4[nH]ccc4c32)CC1. The zero-order chi connectivity index (χ0) is 19.8. The Morgan fingerprint density at radius 1 is 1.28 bits per heavy atom. The molecular formula is C21H24N6O2. The van der Waals surface area contributed by atoms with Gasteiger partial charge in [0.25, 0.3) is 5.91 Å². The highest BCUT2D eigenvalue weighted by atomic mass is 16.5. The van der Waals surface area contributed by atoms with Gasteiger partial charge in [0.15, 0.2) is 0 Å². The largest absolute Gasteiger partial charge is 0.378 e. The summed E-state index contributed by atoms with van der Waals surface area (Å²) < 4.78 is 7.57. The van der Waals surface area contributed by atoms with E-state index in [-0.39, 0.29) is 11.9 Å². The third-order valence-electron chi connectivity index (χ3n) is 6.29. The number of morpholine rings is 1. The smallest absolute Gasteiger partial charge is 0.290 e. The number of hydrogen-bond acceptors (Lipinski definition) is 5. The van der Waals surface area contributed by atoms with Gasteiger partial charge < -0.3 is 19.2 Å². The molecule has 150 valence electrons. The summed E-state index contributed by atoms with van der Waals surface area (Å²) in [5, 5.41) is 10.0. The molecule has 1 saturated heterocycles. The Balaban J connectivity index is 1.60. The number of amides is 1. The highest BCUT2D eigenvalue weighted by Gasteiger charge is 2.31. The molecule has 0 spiro atoms. The molecule has 3 aromatic rings. The number of carbonyl (C=O) groups is 1. The first kappa shape index (κ1) is 18.1. The van der Waals surface area contributed by atoms with Crippen molar-refractivity contribution in [3.8, 4) is 6.07 Å². The number of ether oxygens (including phenoxy) is 1. The maximum atomic E-state index is 13.4. The van der Waals surface area contributed by atoms with E-state index in [2.05, 4.69) is 20.6 Å². The minimum absolute atomic E-state index is 0.0349. The number of aromatic nitrogens is 4. The molecule has 0 radical (unpaired) electrons. The lowest BCUT2D eigenvalue weighted by Gasteiger charge is -2.31. The molecule has 4 heterocycles. The van der Waals surface area contributed by atoms with Crippen molar-refractivity contribution in [2.24, 2.45) is 5.92 Å². The van der Waals surface area contributed by atoms with Gasteiger partial charge in [-0.3, -0.25) is 4.79 Å². The van der Waals surface area contributed by atoms with Crippen molar-refractivity contribution in [1.82, 2.24) is 24.4 Å². The van der Waals surface area contributed by atoms with Crippen molar-refractivity contribution in [3.63, 3.8) is 0 Å². The third-order valence-corrected chi connectivity index (χ3v) is 6.29. The van der Waals surface area contributed by atoms with Gasteiger partial charge in [-0.25, -0.2) is 9.97 Å².